The van der Waals surface area contributed by atoms with E-state index in [0.717, 1.165) is 11.1 Å². The van der Waals surface area contributed by atoms with Gasteiger partial charge in [0.2, 0.25) is 0 Å². The van der Waals surface area contributed by atoms with Crippen molar-refractivity contribution in [3.63, 3.8) is 0 Å². The van der Waals surface area contributed by atoms with Gasteiger partial charge in [-0.2, -0.15) is 0 Å². The zero-order valence-corrected chi connectivity index (χ0v) is 17.5. The fourth-order valence-electron chi connectivity index (χ4n) is 3.23. The highest BCUT2D eigenvalue weighted by molar-refractivity contribution is 5.95. The molecule has 0 amide bonds. The Kier molecular flexibility index (Phi) is 6.95. The molecule has 0 bridgehead atoms. The zero-order chi connectivity index (χ0) is 21.5. The Balaban J connectivity index is 1.91. The first-order valence-corrected chi connectivity index (χ1v) is 9.95. The molecule has 7 heteroatoms. The summed E-state index contributed by atoms with van der Waals surface area (Å²) in [6.45, 7) is 6.62. The van der Waals surface area contributed by atoms with Crippen LogP contribution in [0.4, 0.5) is 0 Å². The van der Waals surface area contributed by atoms with Crippen molar-refractivity contribution in [3.05, 3.63) is 70.9 Å². The molecule has 1 heterocycles. The molecule has 158 valence electrons. The zero-order valence-electron chi connectivity index (χ0n) is 17.5. The van der Waals surface area contributed by atoms with E-state index >= 15 is 0 Å². The second-order valence-corrected chi connectivity index (χ2v) is 6.71. The van der Waals surface area contributed by atoms with E-state index in [2.05, 4.69) is 10.3 Å². The highest BCUT2D eigenvalue weighted by atomic mass is 16.5. The number of rotatable bonds is 8. The van der Waals surface area contributed by atoms with Crippen LogP contribution in [0.3, 0.4) is 0 Å². The summed E-state index contributed by atoms with van der Waals surface area (Å²) >= 11 is 0. The van der Waals surface area contributed by atoms with Crippen LogP contribution in [0, 0.1) is 0 Å². The van der Waals surface area contributed by atoms with Gasteiger partial charge in [-0.1, -0.05) is 36.4 Å². The summed E-state index contributed by atoms with van der Waals surface area (Å²) in [5.74, 6) is 1.02. The van der Waals surface area contributed by atoms with Gasteiger partial charge in [0.15, 0.2) is 17.5 Å². The number of guanidine groups is 1. The lowest BCUT2D eigenvalue weighted by molar-refractivity contribution is -0.138. The molecule has 2 aromatic rings. The van der Waals surface area contributed by atoms with Gasteiger partial charge < -0.3 is 25.3 Å². The fraction of sp³-hybridized carbons (Fsp3) is 0.304. The maximum absolute atomic E-state index is 12.5. The van der Waals surface area contributed by atoms with Crippen LogP contribution in [0.2, 0.25) is 0 Å². The third-order valence-electron chi connectivity index (χ3n) is 4.58. The number of nitrogens with two attached hydrogens (primary N) is 1. The van der Waals surface area contributed by atoms with E-state index in [1.807, 2.05) is 55.5 Å². The molecule has 3 rings (SSSR count). The van der Waals surface area contributed by atoms with Crippen molar-refractivity contribution in [1.82, 2.24) is 5.32 Å². The van der Waals surface area contributed by atoms with Gasteiger partial charge in [-0.15, -0.1) is 0 Å². The number of ether oxygens (including phenoxy) is 3. The summed E-state index contributed by atoms with van der Waals surface area (Å²) in [7, 11) is 0. The minimum atomic E-state index is -0.590. The van der Waals surface area contributed by atoms with E-state index < -0.39 is 12.0 Å². The van der Waals surface area contributed by atoms with Gasteiger partial charge in [-0.3, -0.25) is 0 Å². The lowest BCUT2D eigenvalue weighted by Gasteiger charge is -2.25. The highest BCUT2D eigenvalue weighted by Crippen LogP contribution is 2.37. The van der Waals surface area contributed by atoms with Crippen molar-refractivity contribution in [1.29, 1.82) is 0 Å². The van der Waals surface area contributed by atoms with Crippen molar-refractivity contribution >= 4 is 11.9 Å². The van der Waals surface area contributed by atoms with Crippen molar-refractivity contribution < 1.29 is 19.0 Å². The van der Waals surface area contributed by atoms with Crippen LogP contribution in [0.1, 0.15) is 37.9 Å². The van der Waals surface area contributed by atoms with Gasteiger partial charge in [-0.25, -0.2) is 9.79 Å². The Labute approximate surface area is 176 Å². The summed E-state index contributed by atoms with van der Waals surface area (Å²) in [5, 5.41) is 2.91. The molecular weight excluding hydrogens is 382 g/mol. The Hall–Kier alpha value is -3.48. The molecule has 0 fully saturated rings. The molecule has 0 aliphatic carbocycles. The van der Waals surface area contributed by atoms with Crippen LogP contribution in [0.25, 0.3) is 0 Å². The van der Waals surface area contributed by atoms with Crippen LogP contribution >= 0.6 is 0 Å². The number of aliphatic imine (C=N–C) groups is 1. The Morgan fingerprint density at radius 1 is 1.07 bits per heavy atom. The Morgan fingerprint density at radius 3 is 2.53 bits per heavy atom. The SMILES string of the molecule is CCOC(=O)C1=C(C)NC(N)=N[C@@H]1c1ccc(OCc2ccccc2)c(OCC)c1. The summed E-state index contributed by atoms with van der Waals surface area (Å²) in [6, 6.07) is 14.8. The number of benzene rings is 2. The van der Waals surface area contributed by atoms with Crippen molar-refractivity contribution in [2.24, 2.45) is 10.7 Å². The number of nitrogens with zero attached hydrogens (tertiary/aromatic N) is 1. The van der Waals surface area contributed by atoms with Crippen molar-refractivity contribution in [2.45, 2.75) is 33.4 Å². The summed E-state index contributed by atoms with van der Waals surface area (Å²) in [5.41, 5.74) is 8.79. The Bertz CT molecular complexity index is 954. The minimum Gasteiger partial charge on any atom is -0.490 e. The molecule has 2 aromatic carbocycles. The van der Waals surface area contributed by atoms with Crippen LogP contribution < -0.4 is 20.5 Å². The third-order valence-corrected chi connectivity index (χ3v) is 4.58. The normalized spacial score (nSPS) is 15.8. The van der Waals surface area contributed by atoms with Crippen LogP contribution in [0.15, 0.2) is 64.8 Å². The molecule has 0 saturated heterocycles. The predicted molar refractivity (Wildman–Crippen MR) is 115 cm³/mol. The fourth-order valence-corrected chi connectivity index (χ4v) is 3.23. The molecular formula is C23H27N3O4. The van der Waals surface area contributed by atoms with Gasteiger partial charge in [0.05, 0.1) is 18.8 Å². The van der Waals surface area contributed by atoms with Gasteiger partial charge in [0, 0.05) is 5.70 Å². The Morgan fingerprint density at radius 2 is 1.83 bits per heavy atom. The predicted octanol–water partition coefficient (Wildman–Crippen LogP) is 3.46. The van der Waals surface area contributed by atoms with E-state index in [-0.39, 0.29) is 12.6 Å². The maximum Gasteiger partial charge on any atom is 0.338 e. The van der Waals surface area contributed by atoms with Crippen LogP contribution in [0.5, 0.6) is 11.5 Å². The summed E-state index contributed by atoms with van der Waals surface area (Å²) in [4.78, 5) is 17.0. The monoisotopic (exact) mass is 409 g/mol. The van der Waals surface area contributed by atoms with Gasteiger partial charge in [0.1, 0.15) is 12.6 Å². The van der Waals surface area contributed by atoms with E-state index in [0.29, 0.717) is 36.0 Å². The second-order valence-electron chi connectivity index (χ2n) is 6.71. The molecule has 1 aliphatic heterocycles. The number of hydrogen-bond acceptors (Lipinski definition) is 7. The molecule has 3 N–H and O–H groups in total. The van der Waals surface area contributed by atoms with E-state index in [1.54, 1.807) is 13.8 Å². The molecule has 1 atom stereocenters. The van der Waals surface area contributed by atoms with Crippen molar-refractivity contribution in [3.8, 4) is 11.5 Å². The van der Waals surface area contributed by atoms with Crippen molar-refractivity contribution in [2.75, 3.05) is 13.2 Å². The molecule has 0 saturated carbocycles. The number of carbonyl (C=O) groups excluding carboxylic acids is 1. The number of allylic oxidation sites excluding steroid dienone is 1. The first-order chi connectivity index (χ1) is 14.5. The quantitative estimate of drug-likeness (QED) is 0.649. The number of nitrogens with one attached hydrogen (secondary N) is 1. The largest absolute Gasteiger partial charge is 0.490 e. The molecule has 7 nitrogen and oxygen atoms in total. The van der Waals surface area contributed by atoms with Gasteiger partial charge >= 0.3 is 5.97 Å². The van der Waals surface area contributed by atoms with Gasteiger partial charge in [0.25, 0.3) is 0 Å². The average Bonchev–Trinajstić information content (AvgIpc) is 2.73. The second kappa shape index (κ2) is 9.82. The average molecular weight is 409 g/mol. The number of esters is 1. The smallest absolute Gasteiger partial charge is 0.338 e. The molecule has 0 aromatic heterocycles. The first-order valence-electron chi connectivity index (χ1n) is 9.95. The third kappa shape index (κ3) is 4.92. The van der Waals surface area contributed by atoms with Crippen LogP contribution in [-0.4, -0.2) is 25.1 Å². The van der Waals surface area contributed by atoms with E-state index in [1.165, 1.54) is 0 Å². The summed E-state index contributed by atoms with van der Waals surface area (Å²) < 4.78 is 17.0. The highest BCUT2D eigenvalue weighted by Gasteiger charge is 2.30. The number of carbonyl (C=O) groups is 1. The minimum absolute atomic E-state index is 0.243. The summed E-state index contributed by atoms with van der Waals surface area (Å²) in [6.07, 6.45) is 0. The standard InChI is InChI=1S/C23H27N3O4/c1-4-28-19-13-17(11-12-18(19)30-14-16-9-7-6-8-10-16)21-20(22(27)29-5-2)15(3)25-23(24)26-21/h6-13,21H,4-5,14H2,1-3H3,(H3,24,25,26)/t21-/m1/s1. The maximum atomic E-state index is 12.5. The lowest BCUT2D eigenvalue weighted by atomic mass is 9.96. The topological polar surface area (TPSA) is 95.2 Å². The van der Waals surface area contributed by atoms with Crippen LogP contribution in [-0.2, 0) is 16.1 Å². The molecule has 0 radical (unpaired) electrons. The molecule has 0 unspecified atom stereocenters. The molecule has 0 spiro atoms. The molecule has 30 heavy (non-hydrogen) atoms. The van der Waals surface area contributed by atoms with Gasteiger partial charge in [-0.05, 0) is 44.0 Å². The van der Waals surface area contributed by atoms with E-state index in [4.69, 9.17) is 19.9 Å². The lowest BCUT2D eigenvalue weighted by Crippen LogP contribution is -2.37. The van der Waals surface area contributed by atoms with E-state index in [9.17, 15) is 4.79 Å². The molecule has 1 aliphatic rings. The first kappa shape index (κ1) is 21.2. The number of hydrogen-bond donors (Lipinski definition) is 2.